The number of Topliss-reactive ketones (excluding diaryl/α,β-unsaturated/α-hetero) is 1. The molecule has 1 aliphatic carbocycles. The molecule has 4 heterocycles. The SMILES string of the molecule is Cc1cn2cc(C3=Cc4ccc(N5C[C@H](C)NC[C@H]5C)nc4CCC3=O)nc2cn1. The highest BCUT2D eigenvalue weighted by Gasteiger charge is 2.25. The molecule has 1 saturated heterocycles. The minimum absolute atomic E-state index is 0.104. The van der Waals surface area contributed by atoms with Gasteiger partial charge >= 0.3 is 0 Å². The molecule has 3 aromatic heterocycles. The van der Waals surface area contributed by atoms with Crippen LogP contribution in [0.15, 0.2) is 30.7 Å². The first kappa shape index (κ1) is 18.9. The van der Waals surface area contributed by atoms with Crippen LogP contribution in [0.3, 0.4) is 0 Å². The van der Waals surface area contributed by atoms with Gasteiger partial charge in [0.1, 0.15) is 5.82 Å². The number of allylic oxidation sites excluding steroid dienone is 1. The summed E-state index contributed by atoms with van der Waals surface area (Å²) < 4.78 is 1.92. The highest BCUT2D eigenvalue weighted by Crippen LogP contribution is 2.28. The second-order valence-electron chi connectivity index (χ2n) is 8.42. The molecule has 0 spiro atoms. The van der Waals surface area contributed by atoms with Gasteiger partial charge in [0.25, 0.3) is 0 Å². The highest BCUT2D eigenvalue weighted by molar-refractivity contribution is 6.25. The molecule has 7 nitrogen and oxygen atoms in total. The number of piperazine rings is 1. The fraction of sp³-hybridized carbons (Fsp3) is 0.391. The van der Waals surface area contributed by atoms with Gasteiger partial charge in [-0.3, -0.25) is 9.78 Å². The van der Waals surface area contributed by atoms with E-state index in [1.807, 2.05) is 29.8 Å². The molecule has 0 aromatic carbocycles. The molecule has 154 valence electrons. The Hall–Kier alpha value is -3.06. The lowest BCUT2D eigenvalue weighted by molar-refractivity contribution is -0.113. The number of nitrogens with zero attached hydrogens (tertiary/aromatic N) is 5. The van der Waals surface area contributed by atoms with Crippen molar-refractivity contribution in [3.05, 3.63) is 53.4 Å². The Morgan fingerprint density at radius 2 is 2.00 bits per heavy atom. The van der Waals surface area contributed by atoms with E-state index in [4.69, 9.17) is 4.98 Å². The molecule has 2 aliphatic rings. The first-order valence-corrected chi connectivity index (χ1v) is 10.5. The monoisotopic (exact) mass is 402 g/mol. The van der Waals surface area contributed by atoms with Crippen LogP contribution in [0.1, 0.15) is 42.9 Å². The third-order valence-corrected chi connectivity index (χ3v) is 5.99. The molecule has 7 heteroatoms. The topological polar surface area (TPSA) is 75.4 Å². The maximum absolute atomic E-state index is 12.9. The standard InChI is InChI=1S/C23H26N6O/c1-14-11-28-13-20(27-23(28)10-25-14)18-8-17-4-7-22(26-19(17)5-6-21(18)30)29-12-15(2)24-9-16(29)3/h4,7-8,10-11,13,15-16,24H,5-6,9,12H2,1-3H3/t15-,16+/m0/s1. The summed E-state index contributed by atoms with van der Waals surface area (Å²) in [6, 6.07) is 4.99. The van der Waals surface area contributed by atoms with Crippen LogP contribution in [0.4, 0.5) is 5.82 Å². The fourth-order valence-corrected chi connectivity index (χ4v) is 4.28. The third-order valence-electron chi connectivity index (χ3n) is 5.99. The molecule has 1 fully saturated rings. The minimum Gasteiger partial charge on any atom is -0.351 e. The van der Waals surface area contributed by atoms with Crippen molar-refractivity contribution in [2.24, 2.45) is 0 Å². The lowest BCUT2D eigenvalue weighted by Gasteiger charge is -2.38. The number of carbonyl (C=O) groups is 1. The van der Waals surface area contributed by atoms with Crippen LogP contribution in [0, 0.1) is 6.92 Å². The van der Waals surface area contributed by atoms with Crippen molar-refractivity contribution in [3.8, 4) is 0 Å². The molecule has 2 atom stereocenters. The van der Waals surface area contributed by atoms with Crippen LogP contribution in [0.2, 0.25) is 0 Å². The Kier molecular flexibility index (Phi) is 4.62. The van der Waals surface area contributed by atoms with Crippen LogP contribution < -0.4 is 10.2 Å². The number of hydrogen-bond acceptors (Lipinski definition) is 6. The van der Waals surface area contributed by atoms with Crippen molar-refractivity contribution >= 4 is 28.9 Å². The van der Waals surface area contributed by atoms with Gasteiger partial charge in [0.15, 0.2) is 11.4 Å². The van der Waals surface area contributed by atoms with E-state index in [0.717, 1.165) is 41.5 Å². The average molecular weight is 403 g/mol. The van der Waals surface area contributed by atoms with E-state index in [0.29, 0.717) is 36.2 Å². The molecule has 0 unspecified atom stereocenters. The van der Waals surface area contributed by atoms with Gasteiger partial charge in [-0.05, 0) is 51.0 Å². The molecular formula is C23H26N6O. The summed E-state index contributed by atoms with van der Waals surface area (Å²) in [5.41, 5.74) is 4.97. The second kappa shape index (κ2) is 7.32. The Bertz CT molecular complexity index is 1160. The molecule has 0 bridgehead atoms. The molecule has 1 aliphatic heterocycles. The molecule has 0 radical (unpaired) electrons. The summed E-state index contributed by atoms with van der Waals surface area (Å²) in [5, 5.41) is 3.51. The molecule has 1 N–H and O–H groups in total. The fourth-order valence-electron chi connectivity index (χ4n) is 4.28. The molecule has 0 amide bonds. The highest BCUT2D eigenvalue weighted by atomic mass is 16.1. The van der Waals surface area contributed by atoms with E-state index in [2.05, 4.69) is 46.2 Å². The Labute approximate surface area is 175 Å². The number of anilines is 1. The largest absolute Gasteiger partial charge is 0.351 e. The van der Waals surface area contributed by atoms with Gasteiger partial charge in [0.05, 0.1) is 23.3 Å². The van der Waals surface area contributed by atoms with Crippen molar-refractivity contribution in [2.75, 3.05) is 18.0 Å². The van der Waals surface area contributed by atoms with E-state index >= 15 is 0 Å². The summed E-state index contributed by atoms with van der Waals surface area (Å²) in [6.07, 6.45) is 8.60. The van der Waals surface area contributed by atoms with Crippen molar-refractivity contribution in [1.82, 2.24) is 24.7 Å². The van der Waals surface area contributed by atoms with Crippen molar-refractivity contribution in [3.63, 3.8) is 0 Å². The minimum atomic E-state index is 0.104. The van der Waals surface area contributed by atoms with Crippen LogP contribution in [0.5, 0.6) is 0 Å². The van der Waals surface area contributed by atoms with E-state index in [9.17, 15) is 4.79 Å². The summed E-state index contributed by atoms with van der Waals surface area (Å²) in [7, 11) is 0. The third kappa shape index (κ3) is 3.39. The average Bonchev–Trinajstić information content (AvgIpc) is 3.07. The van der Waals surface area contributed by atoms with Gasteiger partial charge < -0.3 is 14.6 Å². The van der Waals surface area contributed by atoms with E-state index in [1.165, 1.54) is 0 Å². The van der Waals surface area contributed by atoms with Gasteiger partial charge in [0, 0.05) is 49.6 Å². The Balaban J connectivity index is 1.52. The predicted octanol–water partition coefficient (Wildman–Crippen LogP) is 2.68. The van der Waals surface area contributed by atoms with E-state index < -0.39 is 0 Å². The molecule has 0 saturated carbocycles. The van der Waals surface area contributed by atoms with Crippen molar-refractivity contribution in [2.45, 2.75) is 45.7 Å². The van der Waals surface area contributed by atoms with E-state index in [-0.39, 0.29) is 5.78 Å². The summed E-state index contributed by atoms with van der Waals surface area (Å²) >= 11 is 0. The normalized spacial score (nSPS) is 22.0. The zero-order chi connectivity index (χ0) is 20.8. The quantitative estimate of drug-likeness (QED) is 0.710. The van der Waals surface area contributed by atoms with Crippen LogP contribution >= 0.6 is 0 Å². The number of ketones is 1. The van der Waals surface area contributed by atoms with Gasteiger partial charge in [-0.25, -0.2) is 9.97 Å². The molecular weight excluding hydrogens is 376 g/mol. The summed E-state index contributed by atoms with van der Waals surface area (Å²) in [5.74, 6) is 1.10. The molecule has 5 rings (SSSR count). The Morgan fingerprint density at radius 1 is 1.13 bits per heavy atom. The zero-order valence-electron chi connectivity index (χ0n) is 17.6. The maximum atomic E-state index is 12.9. The van der Waals surface area contributed by atoms with Gasteiger partial charge in [-0.1, -0.05) is 0 Å². The number of hydrogen-bond donors (Lipinski definition) is 1. The maximum Gasteiger partial charge on any atom is 0.165 e. The number of pyridine rings is 1. The predicted molar refractivity (Wildman–Crippen MR) is 117 cm³/mol. The number of nitrogens with one attached hydrogen (secondary N) is 1. The summed E-state index contributed by atoms with van der Waals surface area (Å²) in [6.45, 7) is 8.23. The van der Waals surface area contributed by atoms with Crippen LogP contribution in [-0.2, 0) is 11.2 Å². The summed E-state index contributed by atoms with van der Waals surface area (Å²) in [4.78, 5) is 29.2. The van der Waals surface area contributed by atoms with E-state index in [1.54, 1.807) is 6.20 Å². The number of carbonyl (C=O) groups excluding carboxylic acids is 1. The van der Waals surface area contributed by atoms with Gasteiger partial charge in [-0.2, -0.15) is 0 Å². The lowest BCUT2D eigenvalue weighted by atomic mass is 10.1. The van der Waals surface area contributed by atoms with Crippen molar-refractivity contribution < 1.29 is 4.79 Å². The smallest absolute Gasteiger partial charge is 0.165 e. The number of imidazole rings is 1. The number of aryl methyl sites for hydroxylation is 2. The van der Waals surface area contributed by atoms with Crippen LogP contribution in [-0.4, -0.2) is 50.3 Å². The zero-order valence-corrected chi connectivity index (χ0v) is 17.6. The Morgan fingerprint density at radius 3 is 2.87 bits per heavy atom. The number of fused-ring (bicyclic) bond motifs is 2. The molecule has 3 aromatic rings. The number of aromatic nitrogens is 4. The first-order valence-electron chi connectivity index (χ1n) is 10.5. The van der Waals surface area contributed by atoms with Crippen molar-refractivity contribution in [1.29, 1.82) is 0 Å². The molecule has 30 heavy (non-hydrogen) atoms. The van der Waals surface area contributed by atoms with Gasteiger partial charge in [-0.15, -0.1) is 0 Å². The lowest BCUT2D eigenvalue weighted by Crippen LogP contribution is -2.54. The van der Waals surface area contributed by atoms with Crippen LogP contribution in [0.25, 0.3) is 17.3 Å². The first-order chi connectivity index (χ1) is 14.5. The number of rotatable bonds is 2. The second-order valence-corrected chi connectivity index (χ2v) is 8.42. The van der Waals surface area contributed by atoms with Gasteiger partial charge in [0.2, 0.25) is 0 Å².